The van der Waals surface area contributed by atoms with Gasteiger partial charge in [0.15, 0.2) is 0 Å². The molecule has 17 heavy (non-hydrogen) atoms. The molecule has 2 unspecified atom stereocenters. The van der Waals surface area contributed by atoms with Crippen molar-refractivity contribution in [1.29, 1.82) is 0 Å². The van der Waals surface area contributed by atoms with Gasteiger partial charge in [-0.3, -0.25) is 0 Å². The van der Waals surface area contributed by atoms with Gasteiger partial charge in [-0.15, -0.1) is 0 Å². The van der Waals surface area contributed by atoms with Crippen LogP contribution in [0.5, 0.6) is 0 Å². The SMILES string of the molecule is CC1CN(C)CC(CN)N1c1cccc(Br)c1. The van der Waals surface area contributed by atoms with Crippen molar-refractivity contribution in [2.75, 3.05) is 31.6 Å². The Kier molecular flexibility index (Phi) is 4.07. The van der Waals surface area contributed by atoms with E-state index in [2.05, 4.69) is 64.0 Å². The van der Waals surface area contributed by atoms with Crippen LogP contribution in [0.3, 0.4) is 0 Å². The topological polar surface area (TPSA) is 32.5 Å². The van der Waals surface area contributed by atoms with Crippen molar-refractivity contribution in [3.63, 3.8) is 0 Å². The van der Waals surface area contributed by atoms with Gasteiger partial charge in [-0.2, -0.15) is 0 Å². The third-order valence-corrected chi connectivity index (χ3v) is 3.84. The largest absolute Gasteiger partial charge is 0.362 e. The van der Waals surface area contributed by atoms with Gasteiger partial charge in [0.2, 0.25) is 0 Å². The molecule has 1 saturated heterocycles. The van der Waals surface area contributed by atoms with Gasteiger partial charge in [-0.05, 0) is 32.2 Å². The van der Waals surface area contributed by atoms with E-state index >= 15 is 0 Å². The van der Waals surface area contributed by atoms with E-state index in [9.17, 15) is 0 Å². The lowest BCUT2D eigenvalue weighted by atomic mass is 10.1. The first-order valence-electron chi connectivity index (χ1n) is 6.04. The molecule has 2 N–H and O–H groups in total. The summed E-state index contributed by atoms with van der Waals surface area (Å²) in [5.41, 5.74) is 7.17. The van der Waals surface area contributed by atoms with Crippen LogP contribution in [0.15, 0.2) is 28.7 Å². The first-order valence-corrected chi connectivity index (χ1v) is 6.83. The summed E-state index contributed by atoms with van der Waals surface area (Å²) in [7, 11) is 2.16. The highest BCUT2D eigenvalue weighted by atomic mass is 79.9. The Labute approximate surface area is 112 Å². The number of hydrogen-bond donors (Lipinski definition) is 1. The molecule has 94 valence electrons. The summed E-state index contributed by atoms with van der Waals surface area (Å²) in [5, 5.41) is 0. The maximum Gasteiger partial charge on any atom is 0.0542 e. The maximum absolute atomic E-state index is 5.91. The molecular formula is C13H20BrN3. The number of nitrogens with zero attached hydrogens (tertiary/aromatic N) is 2. The molecule has 0 amide bonds. The molecule has 0 saturated carbocycles. The highest BCUT2D eigenvalue weighted by Gasteiger charge is 2.29. The molecule has 3 nitrogen and oxygen atoms in total. The fourth-order valence-electron chi connectivity index (χ4n) is 2.71. The number of piperazine rings is 1. The van der Waals surface area contributed by atoms with E-state index in [1.54, 1.807) is 0 Å². The number of benzene rings is 1. The molecule has 1 aromatic rings. The van der Waals surface area contributed by atoms with Gasteiger partial charge in [0.05, 0.1) is 6.04 Å². The van der Waals surface area contributed by atoms with E-state index in [1.165, 1.54) is 5.69 Å². The Morgan fingerprint density at radius 2 is 2.18 bits per heavy atom. The number of nitrogens with two attached hydrogens (primary N) is 1. The van der Waals surface area contributed by atoms with Crippen LogP contribution < -0.4 is 10.6 Å². The van der Waals surface area contributed by atoms with Crippen molar-refractivity contribution in [2.45, 2.75) is 19.0 Å². The van der Waals surface area contributed by atoms with Crippen LogP contribution in [-0.2, 0) is 0 Å². The molecule has 0 aliphatic carbocycles. The highest BCUT2D eigenvalue weighted by molar-refractivity contribution is 9.10. The molecule has 1 aliphatic rings. The molecular weight excluding hydrogens is 278 g/mol. The second kappa shape index (κ2) is 5.38. The van der Waals surface area contributed by atoms with Crippen molar-refractivity contribution in [3.05, 3.63) is 28.7 Å². The van der Waals surface area contributed by atoms with Crippen molar-refractivity contribution in [1.82, 2.24) is 4.90 Å². The molecule has 2 atom stereocenters. The standard InChI is InChI=1S/C13H20BrN3/c1-10-8-16(2)9-13(7-15)17(10)12-5-3-4-11(14)6-12/h3-6,10,13H,7-9,15H2,1-2H3. The predicted octanol–water partition coefficient (Wildman–Crippen LogP) is 1.92. The first-order chi connectivity index (χ1) is 8.11. The lowest BCUT2D eigenvalue weighted by Gasteiger charge is -2.45. The number of anilines is 1. The Bertz CT molecular complexity index is 383. The molecule has 1 aliphatic heterocycles. The monoisotopic (exact) mass is 297 g/mol. The van der Waals surface area contributed by atoms with Gasteiger partial charge in [0.1, 0.15) is 0 Å². The summed E-state index contributed by atoms with van der Waals surface area (Å²) in [6.07, 6.45) is 0. The van der Waals surface area contributed by atoms with E-state index in [1.807, 2.05) is 0 Å². The lowest BCUT2D eigenvalue weighted by Crippen LogP contribution is -2.59. The zero-order valence-corrected chi connectivity index (χ0v) is 12.0. The number of halogens is 1. The van der Waals surface area contributed by atoms with Crippen LogP contribution in [0.1, 0.15) is 6.92 Å². The molecule has 0 radical (unpaired) electrons. The van der Waals surface area contributed by atoms with Crippen LogP contribution in [-0.4, -0.2) is 43.7 Å². The Morgan fingerprint density at radius 3 is 2.82 bits per heavy atom. The van der Waals surface area contributed by atoms with Gasteiger partial charge >= 0.3 is 0 Å². The van der Waals surface area contributed by atoms with Crippen molar-refractivity contribution < 1.29 is 0 Å². The second-order valence-electron chi connectivity index (χ2n) is 4.85. The van der Waals surface area contributed by atoms with Crippen molar-refractivity contribution in [3.8, 4) is 0 Å². The summed E-state index contributed by atoms with van der Waals surface area (Å²) < 4.78 is 1.12. The van der Waals surface area contributed by atoms with E-state index in [0.717, 1.165) is 17.6 Å². The lowest BCUT2D eigenvalue weighted by molar-refractivity contribution is 0.235. The Hall–Kier alpha value is -0.580. The van der Waals surface area contributed by atoms with Crippen LogP contribution in [0.2, 0.25) is 0 Å². The summed E-state index contributed by atoms with van der Waals surface area (Å²) in [4.78, 5) is 4.81. The molecule has 2 rings (SSSR count). The third-order valence-electron chi connectivity index (χ3n) is 3.34. The molecule has 0 spiro atoms. The van der Waals surface area contributed by atoms with Gasteiger partial charge in [0, 0.05) is 35.8 Å². The van der Waals surface area contributed by atoms with Crippen LogP contribution in [0, 0.1) is 0 Å². The first kappa shape index (κ1) is 12.9. The van der Waals surface area contributed by atoms with Crippen molar-refractivity contribution >= 4 is 21.6 Å². The van der Waals surface area contributed by atoms with E-state index in [0.29, 0.717) is 18.6 Å². The molecule has 1 fully saturated rings. The highest BCUT2D eigenvalue weighted by Crippen LogP contribution is 2.26. The minimum absolute atomic E-state index is 0.401. The number of rotatable bonds is 2. The van der Waals surface area contributed by atoms with Crippen LogP contribution in [0.4, 0.5) is 5.69 Å². The predicted molar refractivity (Wildman–Crippen MR) is 76.4 cm³/mol. The summed E-state index contributed by atoms with van der Waals surface area (Å²) >= 11 is 3.53. The van der Waals surface area contributed by atoms with Crippen molar-refractivity contribution in [2.24, 2.45) is 5.73 Å². The normalized spacial score (nSPS) is 26.2. The molecule has 0 bridgehead atoms. The average molecular weight is 298 g/mol. The molecule has 1 aromatic carbocycles. The van der Waals surface area contributed by atoms with Gasteiger partial charge in [-0.1, -0.05) is 22.0 Å². The molecule has 1 heterocycles. The quantitative estimate of drug-likeness (QED) is 0.905. The minimum atomic E-state index is 0.401. The Balaban J connectivity index is 2.28. The molecule has 4 heteroatoms. The summed E-state index contributed by atoms with van der Waals surface area (Å²) in [6, 6.07) is 9.37. The zero-order chi connectivity index (χ0) is 12.4. The molecule has 0 aromatic heterocycles. The third kappa shape index (κ3) is 2.81. The second-order valence-corrected chi connectivity index (χ2v) is 5.76. The average Bonchev–Trinajstić information content (AvgIpc) is 2.27. The van der Waals surface area contributed by atoms with E-state index in [4.69, 9.17) is 5.73 Å². The summed E-state index contributed by atoms with van der Waals surface area (Å²) in [6.45, 7) is 5.08. The zero-order valence-electron chi connectivity index (χ0n) is 10.4. The van der Waals surface area contributed by atoms with Gasteiger partial charge < -0.3 is 15.5 Å². The van der Waals surface area contributed by atoms with Crippen LogP contribution in [0.25, 0.3) is 0 Å². The van der Waals surface area contributed by atoms with Crippen LogP contribution >= 0.6 is 15.9 Å². The van der Waals surface area contributed by atoms with E-state index < -0.39 is 0 Å². The van der Waals surface area contributed by atoms with Gasteiger partial charge in [0.25, 0.3) is 0 Å². The maximum atomic E-state index is 5.91. The van der Waals surface area contributed by atoms with Gasteiger partial charge in [-0.25, -0.2) is 0 Å². The minimum Gasteiger partial charge on any atom is -0.362 e. The number of hydrogen-bond acceptors (Lipinski definition) is 3. The fraction of sp³-hybridized carbons (Fsp3) is 0.538. The summed E-state index contributed by atoms with van der Waals surface area (Å²) in [5.74, 6) is 0. The Morgan fingerprint density at radius 1 is 1.41 bits per heavy atom. The van der Waals surface area contributed by atoms with E-state index in [-0.39, 0.29) is 0 Å². The smallest absolute Gasteiger partial charge is 0.0542 e. The fourth-order valence-corrected chi connectivity index (χ4v) is 3.10. The number of likely N-dealkylation sites (N-methyl/N-ethyl adjacent to an activating group) is 1.